The van der Waals surface area contributed by atoms with E-state index in [9.17, 15) is 0 Å². The highest BCUT2D eigenvalue weighted by atomic mass is 16.5. The first-order valence-electron chi connectivity index (χ1n) is 9.46. The van der Waals surface area contributed by atoms with Crippen LogP contribution in [0.1, 0.15) is 27.8 Å². The summed E-state index contributed by atoms with van der Waals surface area (Å²) in [5.74, 6) is 1.21. The minimum Gasteiger partial charge on any atom is -0.488 e. The molecule has 3 rings (SSSR count). The average molecular weight is 386 g/mol. The normalized spacial score (nSPS) is 12.1. The predicted octanol–water partition coefficient (Wildman–Crippen LogP) is 3.53. The smallest absolute Gasteiger partial charge is 0.129 e. The summed E-state index contributed by atoms with van der Waals surface area (Å²) in [6.07, 6.45) is 0. The third kappa shape index (κ3) is 4.89. The van der Waals surface area contributed by atoms with E-state index in [0.29, 0.717) is 19.0 Å². The third-order valence-corrected chi connectivity index (χ3v) is 4.70. The number of nitrogens with zero attached hydrogens (tertiary/aromatic N) is 2. The van der Waals surface area contributed by atoms with E-state index < -0.39 is 0 Å². The fourth-order valence-electron chi connectivity index (χ4n) is 3.06. The highest BCUT2D eigenvalue weighted by molar-refractivity contribution is 6.15. The lowest BCUT2D eigenvalue weighted by molar-refractivity contribution is 0.305. The van der Waals surface area contributed by atoms with Gasteiger partial charge in [-0.05, 0) is 29.3 Å². The Morgan fingerprint density at radius 2 is 1.52 bits per heavy atom. The van der Waals surface area contributed by atoms with E-state index in [1.807, 2.05) is 72.8 Å². The van der Waals surface area contributed by atoms with Crippen LogP contribution in [-0.2, 0) is 13.2 Å². The monoisotopic (exact) mass is 386 g/mol. The van der Waals surface area contributed by atoms with E-state index in [1.165, 1.54) is 0 Å². The molecule has 0 aliphatic heterocycles. The van der Waals surface area contributed by atoms with Crippen LogP contribution in [0.25, 0.3) is 0 Å². The van der Waals surface area contributed by atoms with Crippen LogP contribution < -0.4 is 16.2 Å². The van der Waals surface area contributed by atoms with Gasteiger partial charge in [0.05, 0.1) is 5.71 Å². The molecule has 0 bridgehead atoms. The molecule has 0 unspecified atom stereocenters. The summed E-state index contributed by atoms with van der Waals surface area (Å²) < 4.78 is 6.18. The summed E-state index contributed by atoms with van der Waals surface area (Å²) in [4.78, 5) is 8.64. The molecule has 0 aliphatic carbocycles. The second-order valence-electron chi connectivity index (χ2n) is 6.57. The van der Waals surface area contributed by atoms with E-state index in [1.54, 1.807) is 14.1 Å². The van der Waals surface area contributed by atoms with Gasteiger partial charge in [0.2, 0.25) is 0 Å². The Balaban J connectivity index is 1.97. The fraction of sp³-hybridized carbons (Fsp3) is 0.167. The van der Waals surface area contributed by atoms with Crippen molar-refractivity contribution in [3.63, 3.8) is 0 Å². The summed E-state index contributed by atoms with van der Waals surface area (Å²) in [5.41, 5.74) is 17.4. The zero-order valence-electron chi connectivity index (χ0n) is 16.8. The number of nitrogens with two attached hydrogens (primary N) is 2. The van der Waals surface area contributed by atoms with Crippen LogP contribution >= 0.6 is 0 Å². The van der Waals surface area contributed by atoms with Gasteiger partial charge in [0.25, 0.3) is 0 Å². The molecule has 0 aliphatic rings. The second-order valence-corrected chi connectivity index (χ2v) is 6.57. The van der Waals surface area contributed by atoms with E-state index in [4.69, 9.17) is 16.2 Å². The standard InChI is InChI=1S/C24H26N4O/c1-27-23(19-6-4-3-5-7-19)21-14-20(24(26)28-2)12-13-22(21)29-16-18-10-8-17(15-25)9-11-18/h3-14H,15-16,25H2,1-2H3,(H2,26,28). The van der Waals surface area contributed by atoms with Crippen LogP contribution in [0.4, 0.5) is 0 Å². The molecule has 0 amide bonds. The molecule has 0 saturated carbocycles. The molecule has 0 saturated heterocycles. The highest BCUT2D eigenvalue weighted by Gasteiger charge is 2.15. The van der Waals surface area contributed by atoms with Gasteiger partial charge in [0.15, 0.2) is 0 Å². The van der Waals surface area contributed by atoms with Crippen molar-refractivity contribution >= 4 is 11.5 Å². The maximum atomic E-state index is 6.18. The number of hydrogen-bond acceptors (Lipinski definition) is 4. The van der Waals surface area contributed by atoms with Gasteiger partial charge >= 0.3 is 0 Å². The Bertz CT molecular complexity index is 1010. The van der Waals surface area contributed by atoms with Gasteiger partial charge in [-0.15, -0.1) is 0 Å². The first kappa shape index (κ1) is 20.3. The number of hydrogen-bond donors (Lipinski definition) is 2. The summed E-state index contributed by atoms with van der Waals surface area (Å²) in [5, 5.41) is 0. The number of ether oxygens (including phenoxy) is 1. The number of amidine groups is 1. The van der Waals surface area contributed by atoms with E-state index in [2.05, 4.69) is 9.98 Å². The molecule has 0 atom stereocenters. The van der Waals surface area contributed by atoms with Gasteiger partial charge in [-0.2, -0.15) is 0 Å². The number of benzene rings is 3. The summed E-state index contributed by atoms with van der Waals surface area (Å²) in [6, 6.07) is 23.9. The summed E-state index contributed by atoms with van der Waals surface area (Å²) >= 11 is 0. The molecular weight excluding hydrogens is 360 g/mol. The molecule has 0 heterocycles. The third-order valence-electron chi connectivity index (χ3n) is 4.70. The van der Waals surface area contributed by atoms with E-state index in [0.717, 1.165) is 39.3 Å². The highest BCUT2D eigenvalue weighted by Crippen LogP contribution is 2.25. The summed E-state index contributed by atoms with van der Waals surface area (Å²) in [6.45, 7) is 0.973. The molecule has 0 spiro atoms. The molecule has 3 aromatic rings. The summed E-state index contributed by atoms with van der Waals surface area (Å²) in [7, 11) is 3.46. The molecule has 0 radical (unpaired) electrons. The molecule has 148 valence electrons. The van der Waals surface area contributed by atoms with Crippen LogP contribution in [0.2, 0.25) is 0 Å². The first-order chi connectivity index (χ1) is 14.2. The molecule has 5 heteroatoms. The molecule has 5 nitrogen and oxygen atoms in total. The quantitative estimate of drug-likeness (QED) is 0.481. The van der Waals surface area contributed by atoms with Crippen molar-refractivity contribution in [1.82, 2.24) is 0 Å². The number of rotatable bonds is 7. The predicted molar refractivity (Wildman–Crippen MR) is 120 cm³/mol. The first-order valence-corrected chi connectivity index (χ1v) is 9.46. The van der Waals surface area contributed by atoms with Gasteiger partial charge in [0, 0.05) is 37.3 Å². The molecule has 4 N–H and O–H groups in total. The van der Waals surface area contributed by atoms with Crippen molar-refractivity contribution < 1.29 is 4.74 Å². The Morgan fingerprint density at radius 3 is 2.14 bits per heavy atom. The number of aliphatic imine (C=N–C) groups is 2. The van der Waals surface area contributed by atoms with Crippen molar-refractivity contribution in [1.29, 1.82) is 0 Å². The van der Waals surface area contributed by atoms with Gasteiger partial charge in [-0.3, -0.25) is 9.98 Å². The minimum absolute atomic E-state index is 0.445. The minimum atomic E-state index is 0.445. The molecule has 29 heavy (non-hydrogen) atoms. The van der Waals surface area contributed by atoms with Crippen molar-refractivity contribution in [3.05, 3.63) is 101 Å². The maximum Gasteiger partial charge on any atom is 0.129 e. The second kappa shape index (κ2) is 9.66. The average Bonchev–Trinajstić information content (AvgIpc) is 2.79. The van der Waals surface area contributed by atoms with Crippen molar-refractivity contribution in [2.45, 2.75) is 13.2 Å². The Morgan fingerprint density at radius 1 is 0.828 bits per heavy atom. The molecule has 0 aromatic heterocycles. The molecular formula is C24H26N4O. The fourth-order valence-corrected chi connectivity index (χ4v) is 3.06. The zero-order chi connectivity index (χ0) is 20.6. The molecule has 0 fully saturated rings. The van der Waals surface area contributed by atoms with Crippen LogP contribution in [0.15, 0.2) is 82.8 Å². The van der Waals surface area contributed by atoms with Gasteiger partial charge in [-0.1, -0.05) is 54.6 Å². The van der Waals surface area contributed by atoms with Crippen molar-refractivity contribution in [3.8, 4) is 5.75 Å². The van der Waals surface area contributed by atoms with Crippen LogP contribution in [0.3, 0.4) is 0 Å². The molecule has 3 aromatic carbocycles. The lowest BCUT2D eigenvalue weighted by Crippen LogP contribution is -2.15. The van der Waals surface area contributed by atoms with Crippen LogP contribution in [0, 0.1) is 0 Å². The largest absolute Gasteiger partial charge is 0.488 e. The lowest BCUT2D eigenvalue weighted by Gasteiger charge is -2.15. The zero-order valence-corrected chi connectivity index (χ0v) is 16.8. The van der Waals surface area contributed by atoms with E-state index >= 15 is 0 Å². The van der Waals surface area contributed by atoms with Crippen molar-refractivity contribution in [2.75, 3.05) is 14.1 Å². The van der Waals surface area contributed by atoms with Crippen LogP contribution in [0.5, 0.6) is 5.75 Å². The van der Waals surface area contributed by atoms with Gasteiger partial charge < -0.3 is 16.2 Å². The van der Waals surface area contributed by atoms with Gasteiger partial charge in [-0.25, -0.2) is 0 Å². The van der Waals surface area contributed by atoms with Crippen molar-refractivity contribution in [2.24, 2.45) is 21.5 Å². The topological polar surface area (TPSA) is 86.0 Å². The van der Waals surface area contributed by atoms with E-state index in [-0.39, 0.29) is 0 Å². The SMILES string of the molecule is CN=C(N)c1ccc(OCc2ccc(CN)cc2)c(C(=NC)c2ccccc2)c1. The maximum absolute atomic E-state index is 6.18. The Hall–Kier alpha value is -3.44. The lowest BCUT2D eigenvalue weighted by atomic mass is 9.99. The van der Waals surface area contributed by atoms with Crippen LogP contribution in [-0.4, -0.2) is 25.6 Å². The Labute approximate surface area is 171 Å². The Kier molecular flexibility index (Phi) is 6.76. The van der Waals surface area contributed by atoms with Gasteiger partial charge in [0.1, 0.15) is 18.2 Å².